The van der Waals surface area contributed by atoms with Crippen molar-refractivity contribution in [1.82, 2.24) is 0 Å². The number of sulfone groups is 1. The smallest absolute Gasteiger partial charge is 0.269 e. The number of aliphatic hydroxyl groups is 1. The Kier molecular flexibility index (Phi) is 5.05. The summed E-state index contributed by atoms with van der Waals surface area (Å²) in [6, 6.07) is 5.35. The van der Waals surface area contributed by atoms with Gasteiger partial charge in [-0.3, -0.25) is 10.1 Å². The Labute approximate surface area is 118 Å². The van der Waals surface area contributed by atoms with Gasteiger partial charge in [0, 0.05) is 17.9 Å². The van der Waals surface area contributed by atoms with Crippen molar-refractivity contribution in [1.29, 1.82) is 0 Å². The van der Waals surface area contributed by atoms with Crippen molar-refractivity contribution in [3.63, 3.8) is 0 Å². The predicted octanol–water partition coefficient (Wildman–Crippen LogP) is 1.82. The first-order valence-corrected chi connectivity index (χ1v) is 8.03. The molecular formula is C10H12INO5S. The number of aliphatic hydroxyl groups excluding tert-OH is 1. The van der Waals surface area contributed by atoms with E-state index in [1.807, 2.05) is 0 Å². The van der Waals surface area contributed by atoms with Gasteiger partial charge in [0.25, 0.3) is 5.69 Å². The number of benzene rings is 1. The average molecular weight is 385 g/mol. The summed E-state index contributed by atoms with van der Waals surface area (Å²) in [5.41, 5.74) is 0.0460. The lowest BCUT2D eigenvalue weighted by Crippen LogP contribution is -2.24. The molecule has 0 bridgehead atoms. The zero-order chi connectivity index (χ0) is 13.9. The summed E-state index contributed by atoms with van der Waals surface area (Å²) in [4.78, 5) is 10.0. The van der Waals surface area contributed by atoms with Gasteiger partial charge in [-0.2, -0.15) is 0 Å². The molecule has 0 aliphatic rings. The molecule has 0 spiro atoms. The average Bonchev–Trinajstić information content (AvgIpc) is 2.37. The minimum absolute atomic E-state index is 0.0907. The summed E-state index contributed by atoms with van der Waals surface area (Å²) in [5, 5.41) is 20.6. The van der Waals surface area contributed by atoms with Crippen molar-refractivity contribution in [2.24, 2.45) is 0 Å². The first-order chi connectivity index (χ1) is 8.29. The minimum atomic E-state index is -3.41. The molecule has 0 fully saturated rings. The van der Waals surface area contributed by atoms with E-state index in [2.05, 4.69) is 0 Å². The number of nitro benzene ring substituents is 1. The van der Waals surface area contributed by atoms with Crippen LogP contribution in [-0.4, -0.2) is 27.5 Å². The normalized spacial score (nSPS) is 15.1. The van der Waals surface area contributed by atoms with Crippen molar-refractivity contribution in [3.05, 3.63) is 39.9 Å². The van der Waals surface area contributed by atoms with Gasteiger partial charge < -0.3 is 5.11 Å². The third kappa shape index (κ3) is 3.39. The van der Waals surface area contributed by atoms with E-state index in [-0.39, 0.29) is 17.0 Å². The van der Waals surface area contributed by atoms with Crippen molar-refractivity contribution in [2.45, 2.75) is 16.3 Å². The number of non-ortho nitro benzene ring substituents is 1. The monoisotopic (exact) mass is 385 g/mol. The first kappa shape index (κ1) is 15.3. The van der Waals surface area contributed by atoms with Crippen LogP contribution in [0, 0.1) is 10.1 Å². The summed E-state index contributed by atoms with van der Waals surface area (Å²) < 4.78 is 22.2. The number of nitro groups is 1. The van der Waals surface area contributed by atoms with Crippen LogP contribution >= 0.6 is 22.6 Å². The van der Waals surface area contributed by atoms with E-state index in [0.717, 1.165) is 0 Å². The molecule has 1 aromatic carbocycles. The molecule has 0 aliphatic carbocycles. The minimum Gasteiger partial charge on any atom is -0.386 e. The Morgan fingerprint density at radius 3 is 2.61 bits per heavy atom. The molecular weight excluding hydrogens is 373 g/mol. The maximum atomic E-state index is 11.6. The van der Waals surface area contributed by atoms with Crippen molar-refractivity contribution in [3.8, 4) is 0 Å². The van der Waals surface area contributed by atoms with Crippen molar-refractivity contribution < 1.29 is 18.4 Å². The number of hydrogen-bond donors (Lipinski definition) is 1. The number of hydrogen-bond acceptors (Lipinski definition) is 5. The van der Waals surface area contributed by atoms with Gasteiger partial charge in [0.15, 0.2) is 9.84 Å². The highest BCUT2D eigenvalue weighted by molar-refractivity contribution is 14.1. The highest BCUT2D eigenvalue weighted by Crippen LogP contribution is 2.29. The fourth-order valence-electron chi connectivity index (χ4n) is 1.33. The van der Waals surface area contributed by atoms with E-state index in [4.69, 9.17) is 0 Å². The molecule has 0 radical (unpaired) electrons. The van der Waals surface area contributed by atoms with E-state index >= 15 is 0 Å². The van der Waals surface area contributed by atoms with Gasteiger partial charge in [-0.15, -0.1) is 0 Å². The molecule has 0 saturated carbocycles. The third-order valence-electron chi connectivity index (χ3n) is 2.42. The van der Waals surface area contributed by atoms with Gasteiger partial charge >= 0.3 is 0 Å². The van der Waals surface area contributed by atoms with Crippen LogP contribution in [0.4, 0.5) is 5.69 Å². The number of rotatable bonds is 5. The Morgan fingerprint density at radius 2 is 2.11 bits per heavy atom. The molecule has 6 nitrogen and oxygen atoms in total. The van der Waals surface area contributed by atoms with Crippen LogP contribution in [-0.2, 0) is 9.84 Å². The fraction of sp³-hybridized carbons (Fsp3) is 0.400. The molecule has 0 aromatic heterocycles. The van der Waals surface area contributed by atoms with Crippen molar-refractivity contribution in [2.75, 3.05) is 5.75 Å². The van der Waals surface area contributed by atoms with E-state index in [1.165, 1.54) is 31.2 Å². The fourth-order valence-corrected chi connectivity index (χ4v) is 3.69. The second-order valence-electron chi connectivity index (χ2n) is 3.60. The van der Waals surface area contributed by atoms with E-state index in [0.29, 0.717) is 0 Å². The lowest BCUT2D eigenvalue weighted by atomic mass is 10.1. The van der Waals surface area contributed by atoms with E-state index in [1.54, 1.807) is 22.6 Å². The summed E-state index contributed by atoms with van der Waals surface area (Å²) in [5.74, 6) is -0.0907. The molecule has 1 aromatic rings. The SMILES string of the molecule is CCS(=O)(=O)[C@H](I)[C@@H](O)c1cccc([N+](=O)[O-])c1. The molecule has 1 rings (SSSR count). The standard InChI is InChI=1S/C10H12INO5S/c1-2-18(16,17)10(11)9(13)7-4-3-5-8(6-7)12(14)15/h3-6,9-10,13H,2H2,1H3/t9-,10-/m0/s1. The molecule has 0 unspecified atom stereocenters. The summed E-state index contributed by atoms with van der Waals surface area (Å²) in [6.45, 7) is 1.49. The van der Waals surface area contributed by atoms with Crippen LogP contribution in [0.2, 0.25) is 0 Å². The molecule has 0 amide bonds. The Morgan fingerprint density at radius 1 is 1.50 bits per heavy atom. The molecule has 100 valence electrons. The highest BCUT2D eigenvalue weighted by atomic mass is 127. The van der Waals surface area contributed by atoms with Gasteiger partial charge in [-0.05, 0) is 5.56 Å². The lowest BCUT2D eigenvalue weighted by Gasteiger charge is -2.17. The van der Waals surface area contributed by atoms with Gasteiger partial charge in [0.05, 0.1) is 4.92 Å². The second-order valence-corrected chi connectivity index (χ2v) is 8.20. The van der Waals surface area contributed by atoms with Crippen LogP contribution in [0.15, 0.2) is 24.3 Å². The lowest BCUT2D eigenvalue weighted by molar-refractivity contribution is -0.385. The van der Waals surface area contributed by atoms with Gasteiger partial charge in [-0.1, -0.05) is 41.6 Å². The molecule has 1 N–H and O–H groups in total. The molecule has 8 heteroatoms. The topological polar surface area (TPSA) is 97.5 Å². The molecule has 0 heterocycles. The van der Waals surface area contributed by atoms with Gasteiger partial charge in [0.2, 0.25) is 0 Å². The molecule has 2 atom stereocenters. The third-order valence-corrected chi connectivity index (χ3v) is 7.17. The van der Waals surface area contributed by atoms with E-state index in [9.17, 15) is 23.6 Å². The number of nitrogens with zero attached hydrogens (tertiary/aromatic N) is 1. The number of alkyl halides is 1. The zero-order valence-corrected chi connectivity index (χ0v) is 12.5. The first-order valence-electron chi connectivity index (χ1n) is 5.07. The molecule has 0 saturated heterocycles. The second kappa shape index (κ2) is 5.93. The zero-order valence-electron chi connectivity index (χ0n) is 9.48. The van der Waals surface area contributed by atoms with Crippen LogP contribution in [0.25, 0.3) is 0 Å². The summed E-state index contributed by atoms with van der Waals surface area (Å²) in [7, 11) is -3.41. The number of halogens is 1. The van der Waals surface area contributed by atoms with Crippen LogP contribution in [0.5, 0.6) is 0 Å². The van der Waals surface area contributed by atoms with Gasteiger partial charge in [-0.25, -0.2) is 8.42 Å². The van der Waals surface area contributed by atoms with Crippen molar-refractivity contribution >= 4 is 38.1 Å². The summed E-state index contributed by atoms with van der Waals surface area (Å²) >= 11 is 1.64. The molecule has 18 heavy (non-hydrogen) atoms. The van der Waals surface area contributed by atoms with Crippen LogP contribution in [0.1, 0.15) is 18.6 Å². The largest absolute Gasteiger partial charge is 0.386 e. The van der Waals surface area contributed by atoms with Crippen LogP contribution < -0.4 is 0 Å². The van der Waals surface area contributed by atoms with E-state index < -0.39 is 24.1 Å². The maximum Gasteiger partial charge on any atom is 0.269 e. The Hall–Kier alpha value is -0.740. The summed E-state index contributed by atoms with van der Waals surface area (Å²) in [6.07, 6.45) is -1.28. The highest BCUT2D eigenvalue weighted by Gasteiger charge is 2.30. The van der Waals surface area contributed by atoms with Crippen LogP contribution in [0.3, 0.4) is 0 Å². The van der Waals surface area contributed by atoms with Gasteiger partial charge in [0.1, 0.15) is 9.36 Å². The quantitative estimate of drug-likeness (QED) is 0.361. The Balaban J connectivity index is 3.08. The molecule has 0 aliphatic heterocycles. The maximum absolute atomic E-state index is 11.6. The predicted molar refractivity (Wildman–Crippen MR) is 75.3 cm³/mol. The Bertz CT molecular complexity index is 545.